The van der Waals surface area contributed by atoms with E-state index in [1.165, 1.54) is 0 Å². The van der Waals surface area contributed by atoms with Gasteiger partial charge in [0.25, 0.3) is 5.91 Å². The summed E-state index contributed by atoms with van der Waals surface area (Å²) < 4.78 is 11.2. The number of ether oxygens (including phenoxy) is 2. The standard InChI is InChI=1S/C19H23N3O3S/c23-18-17(20-19(26)22(18)15-3-4-15)13-14-1-5-16(6-2-14)25-12-9-21-7-10-24-11-8-21/h1-2,5-6,13,15H,3-4,7-12H2,(H,20,26)/b17-13+. The highest BCUT2D eigenvalue weighted by Gasteiger charge is 2.41. The maximum atomic E-state index is 12.4. The Balaban J connectivity index is 1.31. The molecular weight excluding hydrogens is 350 g/mol. The summed E-state index contributed by atoms with van der Waals surface area (Å²) in [6.07, 6.45) is 3.92. The number of morpholine rings is 1. The number of carbonyl (C=O) groups is 1. The van der Waals surface area contributed by atoms with Crippen LogP contribution in [0.1, 0.15) is 18.4 Å². The van der Waals surface area contributed by atoms with E-state index in [0.717, 1.165) is 57.0 Å². The van der Waals surface area contributed by atoms with Gasteiger partial charge in [-0.25, -0.2) is 0 Å². The second-order valence-corrected chi connectivity index (χ2v) is 7.15. The zero-order valence-electron chi connectivity index (χ0n) is 14.6. The van der Waals surface area contributed by atoms with Crippen LogP contribution in [-0.2, 0) is 9.53 Å². The van der Waals surface area contributed by atoms with Crippen molar-refractivity contribution in [2.24, 2.45) is 0 Å². The van der Waals surface area contributed by atoms with Crippen molar-refractivity contribution in [3.05, 3.63) is 35.5 Å². The van der Waals surface area contributed by atoms with Crippen LogP contribution in [0.5, 0.6) is 5.75 Å². The number of benzene rings is 1. The molecular formula is C19H23N3O3S. The first kappa shape index (κ1) is 17.5. The monoisotopic (exact) mass is 373 g/mol. The summed E-state index contributed by atoms with van der Waals surface area (Å²) in [6.45, 7) is 5.11. The molecule has 6 nitrogen and oxygen atoms in total. The Bertz CT molecular complexity index is 709. The first-order valence-electron chi connectivity index (χ1n) is 9.10. The maximum absolute atomic E-state index is 12.4. The fourth-order valence-electron chi connectivity index (χ4n) is 3.16. The third-order valence-corrected chi connectivity index (χ3v) is 5.09. The molecule has 0 radical (unpaired) electrons. The fraction of sp³-hybridized carbons (Fsp3) is 0.474. The molecule has 0 aromatic heterocycles. The quantitative estimate of drug-likeness (QED) is 0.604. The van der Waals surface area contributed by atoms with Gasteiger partial charge in [-0.3, -0.25) is 14.6 Å². The highest BCUT2D eigenvalue weighted by Crippen LogP contribution is 2.31. The van der Waals surface area contributed by atoms with Crippen LogP contribution in [0.25, 0.3) is 6.08 Å². The SMILES string of the molecule is O=C1/C(=C\c2ccc(OCCN3CCOCC3)cc2)NC(=S)N1C1CC1. The average molecular weight is 373 g/mol. The number of amides is 1. The van der Waals surface area contributed by atoms with Crippen LogP contribution in [-0.4, -0.2) is 66.3 Å². The number of carbonyl (C=O) groups excluding carboxylic acids is 1. The maximum Gasteiger partial charge on any atom is 0.276 e. The number of nitrogens with zero attached hydrogens (tertiary/aromatic N) is 2. The van der Waals surface area contributed by atoms with Crippen molar-refractivity contribution in [2.75, 3.05) is 39.5 Å². The van der Waals surface area contributed by atoms with E-state index in [0.29, 0.717) is 17.4 Å². The second-order valence-electron chi connectivity index (χ2n) is 6.77. The Labute approximate surface area is 158 Å². The van der Waals surface area contributed by atoms with Crippen LogP contribution in [0, 0.1) is 0 Å². The Morgan fingerprint density at radius 2 is 1.96 bits per heavy atom. The van der Waals surface area contributed by atoms with Crippen LogP contribution in [0.4, 0.5) is 0 Å². The van der Waals surface area contributed by atoms with E-state index < -0.39 is 0 Å². The molecule has 0 unspecified atom stereocenters. The molecule has 0 bridgehead atoms. The van der Waals surface area contributed by atoms with Crippen LogP contribution < -0.4 is 10.1 Å². The smallest absolute Gasteiger partial charge is 0.276 e. The lowest BCUT2D eigenvalue weighted by Gasteiger charge is -2.26. The molecule has 1 saturated carbocycles. The lowest BCUT2D eigenvalue weighted by Crippen LogP contribution is -2.38. The first-order valence-corrected chi connectivity index (χ1v) is 9.51. The molecule has 1 aliphatic carbocycles. The molecule has 1 N–H and O–H groups in total. The predicted molar refractivity (Wildman–Crippen MR) is 103 cm³/mol. The number of hydrogen-bond donors (Lipinski definition) is 1. The summed E-state index contributed by atoms with van der Waals surface area (Å²) in [6, 6.07) is 8.06. The van der Waals surface area contributed by atoms with Gasteiger partial charge in [-0.05, 0) is 48.8 Å². The molecule has 0 atom stereocenters. The lowest BCUT2D eigenvalue weighted by molar-refractivity contribution is -0.122. The Morgan fingerprint density at radius 1 is 1.23 bits per heavy atom. The predicted octanol–water partition coefficient (Wildman–Crippen LogP) is 1.62. The van der Waals surface area contributed by atoms with Gasteiger partial charge in [0.2, 0.25) is 0 Å². The molecule has 1 aromatic rings. The van der Waals surface area contributed by atoms with Crippen LogP contribution in [0.15, 0.2) is 30.0 Å². The van der Waals surface area contributed by atoms with Crippen molar-refractivity contribution >= 4 is 29.3 Å². The van der Waals surface area contributed by atoms with Gasteiger partial charge in [0.05, 0.1) is 13.2 Å². The van der Waals surface area contributed by atoms with Crippen LogP contribution in [0.3, 0.4) is 0 Å². The minimum Gasteiger partial charge on any atom is -0.492 e. The van der Waals surface area contributed by atoms with Crippen molar-refractivity contribution in [3.63, 3.8) is 0 Å². The molecule has 2 aliphatic heterocycles. The minimum absolute atomic E-state index is 0.0247. The van der Waals surface area contributed by atoms with E-state index in [1.54, 1.807) is 4.90 Å². The molecule has 138 valence electrons. The van der Waals surface area contributed by atoms with Gasteiger partial charge in [-0.1, -0.05) is 12.1 Å². The van der Waals surface area contributed by atoms with E-state index in [4.69, 9.17) is 21.7 Å². The second kappa shape index (κ2) is 7.73. The van der Waals surface area contributed by atoms with E-state index in [2.05, 4.69) is 10.2 Å². The van der Waals surface area contributed by atoms with Gasteiger partial charge in [-0.15, -0.1) is 0 Å². The van der Waals surface area contributed by atoms with Crippen molar-refractivity contribution in [1.82, 2.24) is 15.1 Å². The topological polar surface area (TPSA) is 54.0 Å². The Kier molecular flexibility index (Phi) is 5.19. The zero-order valence-corrected chi connectivity index (χ0v) is 15.5. The number of hydrogen-bond acceptors (Lipinski definition) is 5. The normalized spacial score (nSPS) is 22.8. The largest absolute Gasteiger partial charge is 0.492 e. The Hall–Kier alpha value is -1.96. The fourth-order valence-corrected chi connectivity index (χ4v) is 3.50. The molecule has 2 saturated heterocycles. The van der Waals surface area contributed by atoms with Gasteiger partial charge < -0.3 is 14.8 Å². The van der Waals surface area contributed by atoms with Crippen molar-refractivity contribution in [2.45, 2.75) is 18.9 Å². The summed E-state index contributed by atoms with van der Waals surface area (Å²) in [5.41, 5.74) is 1.49. The van der Waals surface area contributed by atoms with Gasteiger partial charge >= 0.3 is 0 Å². The molecule has 26 heavy (non-hydrogen) atoms. The van der Waals surface area contributed by atoms with E-state index >= 15 is 0 Å². The summed E-state index contributed by atoms with van der Waals surface area (Å²) >= 11 is 5.27. The van der Waals surface area contributed by atoms with Crippen molar-refractivity contribution in [1.29, 1.82) is 0 Å². The van der Waals surface area contributed by atoms with Gasteiger partial charge in [0.1, 0.15) is 18.1 Å². The minimum atomic E-state index is -0.0247. The van der Waals surface area contributed by atoms with E-state index in [1.807, 2.05) is 30.3 Å². The third-order valence-electron chi connectivity index (χ3n) is 4.79. The average Bonchev–Trinajstić information content (AvgIpc) is 3.44. The van der Waals surface area contributed by atoms with Crippen molar-refractivity contribution < 1.29 is 14.3 Å². The summed E-state index contributed by atoms with van der Waals surface area (Å²) in [5.74, 6) is 0.810. The lowest BCUT2D eigenvalue weighted by atomic mass is 10.2. The molecule has 1 aromatic carbocycles. The number of nitrogens with one attached hydrogen (secondary N) is 1. The van der Waals surface area contributed by atoms with Gasteiger partial charge in [0.15, 0.2) is 5.11 Å². The molecule has 1 amide bonds. The first-order chi connectivity index (χ1) is 12.7. The molecule has 0 spiro atoms. The van der Waals surface area contributed by atoms with E-state index in [-0.39, 0.29) is 11.9 Å². The highest BCUT2D eigenvalue weighted by molar-refractivity contribution is 7.80. The molecule has 3 aliphatic rings. The van der Waals surface area contributed by atoms with Gasteiger partial charge in [-0.2, -0.15) is 0 Å². The molecule has 7 heteroatoms. The molecule has 3 fully saturated rings. The zero-order chi connectivity index (χ0) is 17.9. The van der Waals surface area contributed by atoms with Crippen LogP contribution in [0.2, 0.25) is 0 Å². The summed E-state index contributed by atoms with van der Waals surface area (Å²) in [4.78, 5) is 16.5. The van der Waals surface area contributed by atoms with E-state index in [9.17, 15) is 4.79 Å². The number of thiocarbonyl (C=S) groups is 1. The summed E-state index contributed by atoms with van der Waals surface area (Å²) in [7, 11) is 0. The Morgan fingerprint density at radius 3 is 2.65 bits per heavy atom. The van der Waals surface area contributed by atoms with Crippen LogP contribution >= 0.6 is 12.2 Å². The van der Waals surface area contributed by atoms with Gasteiger partial charge in [0, 0.05) is 25.7 Å². The molecule has 2 heterocycles. The highest BCUT2D eigenvalue weighted by atomic mass is 32.1. The molecule has 4 rings (SSSR count). The summed E-state index contributed by atoms with van der Waals surface area (Å²) in [5, 5.41) is 3.55. The number of rotatable bonds is 6. The third kappa shape index (κ3) is 4.06. The van der Waals surface area contributed by atoms with Crippen molar-refractivity contribution in [3.8, 4) is 5.75 Å².